The molecule has 2 N–H and O–H groups in total. The maximum atomic E-state index is 12.3. The summed E-state index contributed by atoms with van der Waals surface area (Å²) in [6.45, 7) is 1.89. The third kappa shape index (κ3) is 4.97. The average Bonchev–Trinajstić information content (AvgIpc) is 2.28. The van der Waals surface area contributed by atoms with Crippen molar-refractivity contribution in [1.29, 1.82) is 0 Å². The summed E-state index contributed by atoms with van der Waals surface area (Å²) < 4.78 is 24.6. The third-order valence-electron chi connectivity index (χ3n) is 2.06. The number of amides is 1. The van der Waals surface area contributed by atoms with E-state index in [4.69, 9.17) is 5.11 Å². The zero-order valence-corrected chi connectivity index (χ0v) is 10.6. The second-order valence-electron chi connectivity index (χ2n) is 3.63. The van der Waals surface area contributed by atoms with Gasteiger partial charge in [-0.15, -0.1) is 0 Å². The molecule has 7 heteroatoms. The lowest BCUT2D eigenvalue weighted by Gasteiger charge is -2.09. The smallest absolute Gasteiger partial charge is 0.290 e. The van der Waals surface area contributed by atoms with E-state index < -0.39 is 17.8 Å². The number of aliphatic hydroxyl groups excluding tert-OH is 1. The fraction of sp³-hybridized carbons (Fsp3) is 0.455. The third-order valence-corrected chi connectivity index (χ3v) is 2.79. The number of rotatable bonds is 6. The van der Waals surface area contributed by atoms with E-state index >= 15 is 0 Å². The number of aromatic nitrogens is 1. The summed E-state index contributed by atoms with van der Waals surface area (Å²) in [6, 6.07) is 2.95. The van der Waals surface area contributed by atoms with Gasteiger partial charge in [-0.25, -0.2) is 4.98 Å². The molecule has 1 heterocycles. The van der Waals surface area contributed by atoms with Gasteiger partial charge in [-0.1, -0.05) is 0 Å². The largest absolute Gasteiger partial charge is 0.393 e. The first-order valence-electron chi connectivity index (χ1n) is 5.36. The number of hydrogen-bond acceptors (Lipinski definition) is 4. The van der Waals surface area contributed by atoms with Gasteiger partial charge in [0.15, 0.2) is 0 Å². The van der Waals surface area contributed by atoms with E-state index in [0.29, 0.717) is 6.42 Å². The van der Waals surface area contributed by atoms with E-state index in [2.05, 4.69) is 10.3 Å². The molecule has 1 rings (SSSR count). The second kappa shape index (κ2) is 7.27. The van der Waals surface area contributed by atoms with E-state index in [0.717, 1.165) is 0 Å². The van der Waals surface area contributed by atoms with Crippen LogP contribution in [0.1, 0.15) is 23.7 Å². The lowest BCUT2D eigenvalue weighted by Crippen LogP contribution is -2.27. The van der Waals surface area contributed by atoms with Crippen LogP contribution in [0.15, 0.2) is 23.4 Å². The molecule has 0 aliphatic carbocycles. The summed E-state index contributed by atoms with van der Waals surface area (Å²) in [5, 5.41) is 11.6. The number of pyridine rings is 1. The molecule has 18 heavy (non-hydrogen) atoms. The molecule has 1 aromatic rings. The van der Waals surface area contributed by atoms with Gasteiger partial charge in [-0.2, -0.15) is 8.78 Å². The Balaban J connectivity index is 2.66. The highest BCUT2D eigenvalue weighted by molar-refractivity contribution is 7.99. The first-order chi connectivity index (χ1) is 8.50. The highest BCUT2D eigenvalue weighted by Crippen LogP contribution is 2.26. The maximum Gasteiger partial charge on any atom is 0.290 e. The van der Waals surface area contributed by atoms with E-state index in [1.54, 1.807) is 6.92 Å². The highest BCUT2D eigenvalue weighted by atomic mass is 32.2. The lowest BCUT2D eigenvalue weighted by molar-refractivity contribution is 0.0942. The SMILES string of the molecule is CC(O)CCNC(=O)c1cccnc1SC(F)F. The zero-order chi connectivity index (χ0) is 13.5. The van der Waals surface area contributed by atoms with E-state index in [9.17, 15) is 13.6 Å². The zero-order valence-electron chi connectivity index (χ0n) is 9.77. The van der Waals surface area contributed by atoms with Crippen LogP contribution in [0, 0.1) is 0 Å². The molecule has 0 spiro atoms. The van der Waals surface area contributed by atoms with Crippen LogP contribution in [0.3, 0.4) is 0 Å². The predicted octanol–water partition coefficient (Wildman–Crippen LogP) is 1.90. The van der Waals surface area contributed by atoms with Gasteiger partial charge in [0, 0.05) is 12.7 Å². The average molecular weight is 276 g/mol. The van der Waals surface area contributed by atoms with Crippen LogP contribution in [0.4, 0.5) is 8.78 Å². The van der Waals surface area contributed by atoms with Crippen LogP contribution in [-0.4, -0.2) is 34.4 Å². The molecular weight excluding hydrogens is 262 g/mol. The molecule has 0 aliphatic rings. The van der Waals surface area contributed by atoms with E-state index in [-0.39, 0.29) is 28.9 Å². The minimum atomic E-state index is -2.62. The minimum Gasteiger partial charge on any atom is -0.393 e. The van der Waals surface area contributed by atoms with Crippen molar-refractivity contribution in [3.63, 3.8) is 0 Å². The van der Waals surface area contributed by atoms with Gasteiger partial charge >= 0.3 is 0 Å². The molecule has 0 aliphatic heterocycles. The lowest BCUT2D eigenvalue weighted by atomic mass is 10.2. The molecule has 0 saturated heterocycles. The number of carbonyl (C=O) groups is 1. The molecule has 1 amide bonds. The Morgan fingerprint density at radius 2 is 2.33 bits per heavy atom. The summed E-state index contributed by atoms with van der Waals surface area (Å²) >= 11 is 0.238. The number of halogens is 2. The van der Waals surface area contributed by atoms with Gasteiger partial charge in [0.05, 0.1) is 11.7 Å². The normalized spacial score (nSPS) is 12.5. The topological polar surface area (TPSA) is 62.2 Å². The quantitative estimate of drug-likeness (QED) is 0.779. The summed E-state index contributed by atoms with van der Waals surface area (Å²) in [5.74, 6) is -3.09. The maximum absolute atomic E-state index is 12.3. The molecule has 100 valence electrons. The van der Waals surface area contributed by atoms with Crippen LogP contribution in [-0.2, 0) is 0 Å². The van der Waals surface area contributed by atoms with Gasteiger partial charge < -0.3 is 10.4 Å². The predicted molar refractivity (Wildman–Crippen MR) is 64.7 cm³/mol. The molecule has 0 radical (unpaired) electrons. The molecule has 4 nitrogen and oxygen atoms in total. The monoisotopic (exact) mass is 276 g/mol. The number of nitrogens with one attached hydrogen (secondary N) is 1. The molecule has 0 aromatic carbocycles. The fourth-order valence-corrected chi connectivity index (χ4v) is 1.81. The van der Waals surface area contributed by atoms with Crippen molar-refractivity contribution < 1.29 is 18.7 Å². The highest BCUT2D eigenvalue weighted by Gasteiger charge is 2.16. The molecular formula is C11H14F2N2O2S. The first kappa shape index (κ1) is 14.8. The number of aliphatic hydroxyl groups is 1. The summed E-state index contributed by atoms with van der Waals surface area (Å²) in [7, 11) is 0. The Bertz CT molecular complexity index is 402. The Kier molecular flexibility index (Phi) is 6.00. The van der Waals surface area contributed by atoms with Crippen LogP contribution >= 0.6 is 11.8 Å². The van der Waals surface area contributed by atoms with Crippen molar-refractivity contribution in [3.05, 3.63) is 23.9 Å². The summed E-state index contributed by atoms with van der Waals surface area (Å²) in [5.41, 5.74) is 0.119. The summed E-state index contributed by atoms with van der Waals surface area (Å²) in [6.07, 6.45) is 1.25. The standard InChI is InChI=1S/C11H14F2N2O2S/c1-7(16)4-6-14-9(17)8-3-2-5-15-10(8)18-11(12)13/h2-3,5,7,11,16H,4,6H2,1H3,(H,14,17). The van der Waals surface area contributed by atoms with E-state index in [1.165, 1.54) is 18.3 Å². The minimum absolute atomic E-state index is 0.00190. The van der Waals surface area contributed by atoms with Crippen molar-refractivity contribution in [1.82, 2.24) is 10.3 Å². The van der Waals surface area contributed by atoms with Crippen molar-refractivity contribution in [2.75, 3.05) is 6.54 Å². The van der Waals surface area contributed by atoms with Gasteiger partial charge in [0.25, 0.3) is 11.7 Å². The van der Waals surface area contributed by atoms with Gasteiger partial charge in [0.1, 0.15) is 5.03 Å². The number of thioether (sulfide) groups is 1. The number of carbonyl (C=O) groups excluding carboxylic acids is 1. The van der Waals surface area contributed by atoms with Crippen LogP contribution in [0.2, 0.25) is 0 Å². The van der Waals surface area contributed by atoms with Gasteiger partial charge in [-0.05, 0) is 37.2 Å². The van der Waals surface area contributed by atoms with Crippen LogP contribution in [0.5, 0.6) is 0 Å². The van der Waals surface area contributed by atoms with Gasteiger partial charge in [-0.3, -0.25) is 4.79 Å². The van der Waals surface area contributed by atoms with Crippen molar-refractivity contribution in [3.8, 4) is 0 Å². The van der Waals surface area contributed by atoms with Crippen molar-refractivity contribution in [2.24, 2.45) is 0 Å². The van der Waals surface area contributed by atoms with E-state index in [1.807, 2.05) is 0 Å². The molecule has 0 fully saturated rings. The molecule has 1 atom stereocenters. The Morgan fingerprint density at radius 1 is 1.61 bits per heavy atom. The van der Waals surface area contributed by atoms with Crippen molar-refractivity contribution in [2.45, 2.75) is 30.2 Å². The Labute approximate surface area is 108 Å². The second-order valence-corrected chi connectivity index (χ2v) is 4.61. The van der Waals surface area contributed by atoms with Crippen LogP contribution < -0.4 is 5.32 Å². The molecule has 1 unspecified atom stereocenters. The van der Waals surface area contributed by atoms with Crippen molar-refractivity contribution >= 4 is 17.7 Å². The number of hydrogen-bond donors (Lipinski definition) is 2. The molecule has 0 saturated carbocycles. The summed E-state index contributed by atoms with van der Waals surface area (Å²) in [4.78, 5) is 15.5. The first-order valence-corrected chi connectivity index (χ1v) is 6.24. The fourth-order valence-electron chi connectivity index (χ4n) is 1.23. The molecule has 1 aromatic heterocycles. The molecule has 0 bridgehead atoms. The van der Waals surface area contributed by atoms with Gasteiger partial charge in [0.2, 0.25) is 0 Å². The Hall–Kier alpha value is -1.21. The number of nitrogens with zero attached hydrogens (tertiary/aromatic N) is 1. The van der Waals surface area contributed by atoms with Crippen LogP contribution in [0.25, 0.3) is 0 Å². The Morgan fingerprint density at radius 3 is 2.94 bits per heavy atom. The number of alkyl halides is 2.